The molecule has 0 saturated heterocycles. The molecular formula is C72H42N8O2. The Labute approximate surface area is 474 Å². The Morgan fingerprint density at radius 1 is 0.317 bits per heavy atom. The summed E-state index contributed by atoms with van der Waals surface area (Å²) >= 11 is 0. The van der Waals surface area contributed by atoms with Crippen molar-refractivity contribution in [3.8, 4) is 79.7 Å². The van der Waals surface area contributed by atoms with Gasteiger partial charge in [-0.1, -0.05) is 182 Å². The minimum absolute atomic E-state index is 0.120. The number of hydrogen-bond acceptors (Lipinski definition) is 8. The Hall–Kier alpha value is -11.4. The summed E-state index contributed by atoms with van der Waals surface area (Å²) in [5.74, 6) is 1.46. The summed E-state index contributed by atoms with van der Waals surface area (Å²) in [5.41, 5.74) is 11.4. The number of benzene rings is 11. The molecule has 17 rings (SSSR count). The van der Waals surface area contributed by atoms with E-state index in [1.54, 1.807) is 0 Å². The highest BCUT2D eigenvalue weighted by Crippen LogP contribution is 2.45. The van der Waals surface area contributed by atoms with Crippen LogP contribution in [0.15, 0.2) is 264 Å². The van der Waals surface area contributed by atoms with Gasteiger partial charge in [0.15, 0.2) is 34.9 Å². The second kappa shape index (κ2) is 18.1. The first-order valence-corrected chi connectivity index (χ1v) is 26.9. The van der Waals surface area contributed by atoms with Crippen molar-refractivity contribution in [3.63, 3.8) is 0 Å². The predicted molar refractivity (Wildman–Crippen MR) is 329 cm³/mol. The lowest BCUT2D eigenvalue weighted by Gasteiger charge is -2.17. The molecule has 17 aromatic rings. The van der Waals surface area contributed by atoms with Crippen LogP contribution in [-0.4, -0.2) is 39.0 Å². The summed E-state index contributed by atoms with van der Waals surface area (Å²) in [5, 5.41) is 7.93. The average Bonchev–Trinajstić information content (AvgIpc) is 1.62. The van der Waals surface area contributed by atoms with Gasteiger partial charge in [0.2, 0.25) is 0 Å². The van der Waals surface area contributed by atoms with Gasteiger partial charge >= 0.3 is 0 Å². The Kier molecular flexibility index (Phi) is 9.00. The highest BCUT2D eigenvalue weighted by Gasteiger charge is 2.26. The van der Waals surface area contributed by atoms with Crippen LogP contribution in [0.1, 0.15) is 6.85 Å². The Morgan fingerprint density at radius 2 is 0.866 bits per heavy atom. The molecule has 11 aromatic carbocycles. The monoisotopic (exact) mass is 1060 g/mol. The van der Waals surface area contributed by atoms with E-state index in [1.807, 2.05) is 140 Å². The van der Waals surface area contributed by atoms with Gasteiger partial charge in [0, 0.05) is 76.6 Å². The molecule has 0 unspecified atom stereocenters. The molecular weight excluding hydrogens is 1010 g/mol. The fraction of sp³-hybridized carbons (Fsp3) is 0. The van der Waals surface area contributed by atoms with Gasteiger partial charge in [-0.2, -0.15) is 0 Å². The molecule has 82 heavy (non-hydrogen) atoms. The maximum atomic E-state index is 9.19. The Bertz CT molecular complexity index is 5650. The van der Waals surface area contributed by atoms with Crippen LogP contribution in [0.3, 0.4) is 0 Å². The maximum absolute atomic E-state index is 9.19. The number of para-hydroxylation sites is 5. The van der Waals surface area contributed by atoms with E-state index in [4.69, 9.17) is 42.9 Å². The first-order chi connectivity index (χ1) is 42.7. The fourth-order valence-electron chi connectivity index (χ4n) is 11.9. The van der Waals surface area contributed by atoms with Gasteiger partial charge in [-0.3, -0.25) is 0 Å². The number of nitrogens with zero attached hydrogens (tertiary/aromatic N) is 8. The lowest BCUT2D eigenvalue weighted by molar-refractivity contribution is 0.668. The highest BCUT2D eigenvalue weighted by atomic mass is 16.3. The third-order valence-corrected chi connectivity index (χ3v) is 15.5. The van der Waals surface area contributed by atoms with Crippen LogP contribution in [0, 0.1) is 0 Å². The van der Waals surface area contributed by atoms with E-state index in [0.717, 1.165) is 98.8 Å². The van der Waals surface area contributed by atoms with E-state index >= 15 is 0 Å². The van der Waals surface area contributed by atoms with E-state index in [0.29, 0.717) is 45.3 Å². The topological polar surface area (TPSA) is 113 Å². The highest BCUT2D eigenvalue weighted by molar-refractivity contribution is 6.26. The Balaban J connectivity index is 0.977. The normalized spacial score (nSPS) is 12.8. The van der Waals surface area contributed by atoms with Crippen molar-refractivity contribution < 1.29 is 15.7 Å². The summed E-state index contributed by atoms with van der Waals surface area (Å²) < 4.78 is 61.9. The van der Waals surface area contributed by atoms with Crippen LogP contribution in [0.2, 0.25) is 0 Å². The minimum Gasteiger partial charge on any atom is -0.456 e. The molecule has 0 N–H and O–H groups in total. The van der Waals surface area contributed by atoms with Crippen molar-refractivity contribution in [3.05, 3.63) is 255 Å². The first kappa shape index (κ1) is 40.8. The molecule has 0 atom stereocenters. The van der Waals surface area contributed by atoms with Gasteiger partial charge in [0.05, 0.1) is 40.2 Å². The molecule has 0 aliphatic carbocycles. The van der Waals surface area contributed by atoms with Crippen molar-refractivity contribution in [1.29, 1.82) is 0 Å². The van der Waals surface area contributed by atoms with Crippen molar-refractivity contribution in [1.82, 2.24) is 39.0 Å². The zero-order valence-corrected chi connectivity index (χ0v) is 43.3. The molecule has 0 aliphatic heterocycles. The average molecular weight is 1060 g/mol. The van der Waals surface area contributed by atoms with Crippen LogP contribution in [0.25, 0.3) is 167 Å². The second-order valence-corrected chi connectivity index (χ2v) is 20.2. The molecule has 0 saturated carbocycles. The molecule has 0 bridgehead atoms. The molecule has 0 spiro atoms. The molecule has 10 heteroatoms. The zero-order valence-electron chi connectivity index (χ0n) is 48.3. The van der Waals surface area contributed by atoms with Gasteiger partial charge in [-0.25, -0.2) is 29.9 Å². The summed E-state index contributed by atoms with van der Waals surface area (Å²) in [7, 11) is 0. The third-order valence-electron chi connectivity index (χ3n) is 15.5. The molecule has 382 valence electrons. The van der Waals surface area contributed by atoms with Crippen molar-refractivity contribution in [2.24, 2.45) is 0 Å². The molecule has 0 fully saturated rings. The number of furan rings is 2. The SMILES string of the molecule is [2H]c1c([2H])c([2H])c(-c2nc(-c3ccc(-n4c5ccccc5c5ccc6c(c7ccccc7n6-c6ccc7oc8ccccc8c7c6)c54)c(-c4nc(-c5ccccc5)nc(-c5ccccc5)n4)c3)nc(-c3cccc4c3oc3ccccc34)n2)c([2H])c1[2H]. The van der Waals surface area contributed by atoms with Gasteiger partial charge in [-0.15, -0.1) is 0 Å². The summed E-state index contributed by atoms with van der Waals surface area (Å²) in [6.07, 6.45) is 0. The zero-order chi connectivity index (χ0) is 58.2. The molecule has 10 nitrogen and oxygen atoms in total. The Morgan fingerprint density at radius 3 is 1.59 bits per heavy atom. The minimum atomic E-state index is -0.533. The summed E-state index contributed by atoms with van der Waals surface area (Å²) in [6.45, 7) is 0. The van der Waals surface area contributed by atoms with Crippen molar-refractivity contribution >= 4 is 87.5 Å². The quantitative estimate of drug-likeness (QED) is 0.148. The number of fused-ring (bicyclic) bond motifs is 13. The molecule has 0 aliphatic rings. The van der Waals surface area contributed by atoms with Crippen molar-refractivity contribution in [2.45, 2.75) is 0 Å². The summed E-state index contributed by atoms with van der Waals surface area (Å²) in [4.78, 5) is 31.1. The van der Waals surface area contributed by atoms with E-state index in [1.165, 1.54) is 0 Å². The van der Waals surface area contributed by atoms with Crippen LogP contribution < -0.4 is 0 Å². The standard InChI is InChI=1S/C72H42N8O2/c1-4-19-43(20-5-1)67-73-68(44-21-6-2-7-22-44)77-72(76-67)56-41-46(70-74-69(45-23-8-3-9-24-45)75-71(78-70)54-30-18-29-52-49-26-12-17-34-62(49)82-66(52)54)35-38-59(56)80-57-31-14-10-25-48(57)51-37-39-60-64(65(51)80)53-28-11-15-32-58(53)79(60)47-36-40-63-55(42-47)50-27-13-16-33-61(50)81-63/h1-42H/i3D,8D,9D,23D,24D. The molecule has 6 aromatic heterocycles. The van der Waals surface area contributed by atoms with Gasteiger partial charge in [0.1, 0.15) is 22.3 Å². The van der Waals surface area contributed by atoms with Gasteiger partial charge in [0.25, 0.3) is 0 Å². The fourth-order valence-corrected chi connectivity index (χ4v) is 11.9. The predicted octanol–water partition coefficient (Wildman–Crippen LogP) is 18.1. The maximum Gasteiger partial charge on any atom is 0.167 e. The van der Waals surface area contributed by atoms with Gasteiger partial charge < -0.3 is 18.0 Å². The lowest BCUT2D eigenvalue weighted by Crippen LogP contribution is -2.05. The smallest absolute Gasteiger partial charge is 0.167 e. The van der Waals surface area contributed by atoms with E-state index < -0.39 is 30.2 Å². The largest absolute Gasteiger partial charge is 0.456 e. The number of hydrogen-bond donors (Lipinski definition) is 0. The molecule has 0 radical (unpaired) electrons. The van der Waals surface area contributed by atoms with Crippen LogP contribution in [-0.2, 0) is 0 Å². The summed E-state index contributed by atoms with van der Waals surface area (Å²) in [6, 6.07) is 72.5. The molecule has 0 amide bonds. The van der Waals surface area contributed by atoms with Crippen LogP contribution in [0.4, 0.5) is 0 Å². The van der Waals surface area contributed by atoms with Gasteiger partial charge in [-0.05, 0) is 72.8 Å². The van der Waals surface area contributed by atoms with E-state index in [-0.39, 0.29) is 23.0 Å². The van der Waals surface area contributed by atoms with Crippen molar-refractivity contribution in [2.75, 3.05) is 0 Å². The molecule has 6 heterocycles. The van der Waals surface area contributed by atoms with E-state index in [9.17, 15) is 2.74 Å². The van der Waals surface area contributed by atoms with Crippen LogP contribution in [0.5, 0.6) is 0 Å². The lowest BCUT2D eigenvalue weighted by atomic mass is 10.0. The number of rotatable bonds is 8. The number of aromatic nitrogens is 8. The van der Waals surface area contributed by atoms with Crippen LogP contribution >= 0.6 is 0 Å². The third kappa shape index (κ3) is 7.15. The van der Waals surface area contributed by atoms with E-state index in [2.05, 4.69) is 94.1 Å². The first-order valence-electron chi connectivity index (χ1n) is 29.4. The second-order valence-electron chi connectivity index (χ2n) is 20.2.